The fraction of sp³-hybridized carbons (Fsp3) is 0.290. The van der Waals surface area contributed by atoms with Gasteiger partial charge in [-0.2, -0.15) is 4.98 Å². The molecule has 7 nitrogen and oxygen atoms in total. The fourth-order valence-electron chi connectivity index (χ4n) is 5.25. The quantitative estimate of drug-likeness (QED) is 0.357. The van der Waals surface area contributed by atoms with E-state index in [0.717, 1.165) is 23.1 Å². The van der Waals surface area contributed by atoms with Gasteiger partial charge in [0.25, 0.3) is 11.8 Å². The van der Waals surface area contributed by atoms with Crippen molar-refractivity contribution < 1.29 is 14.1 Å². The van der Waals surface area contributed by atoms with E-state index in [1.165, 1.54) is 0 Å². The van der Waals surface area contributed by atoms with Gasteiger partial charge in [-0.3, -0.25) is 9.59 Å². The Kier molecular flexibility index (Phi) is 7.36. The summed E-state index contributed by atoms with van der Waals surface area (Å²) in [6.07, 6.45) is 1.91. The molecule has 1 aromatic heterocycles. The van der Waals surface area contributed by atoms with E-state index < -0.39 is 5.41 Å². The van der Waals surface area contributed by atoms with Gasteiger partial charge in [-0.1, -0.05) is 72.7 Å². The van der Waals surface area contributed by atoms with Crippen LogP contribution in [0.2, 0.25) is 0 Å². The van der Waals surface area contributed by atoms with Gasteiger partial charge in [-0.05, 0) is 61.6 Å². The lowest BCUT2D eigenvalue weighted by Crippen LogP contribution is -2.53. The number of nitrogens with one attached hydrogen (secondary N) is 1. The number of aryl methyl sites for hydroxylation is 1. The van der Waals surface area contributed by atoms with E-state index in [-0.39, 0.29) is 17.9 Å². The number of nitrogens with zero attached hydrogens (tertiary/aromatic N) is 3. The first-order valence-corrected chi connectivity index (χ1v) is 13.1. The summed E-state index contributed by atoms with van der Waals surface area (Å²) < 4.78 is 5.22. The highest BCUT2D eigenvalue weighted by atomic mass is 16.5. The summed E-state index contributed by atoms with van der Waals surface area (Å²) in [6, 6.07) is 27.2. The van der Waals surface area contributed by atoms with Crippen LogP contribution in [-0.4, -0.2) is 39.9 Å². The van der Waals surface area contributed by atoms with E-state index >= 15 is 0 Å². The van der Waals surface area contributed by atoms with Crippen molar-refractivity contribution in [3.05, 3.63) is 107 Å². The van der Waals surface area contributed by atoms with Gasteiger partial charge in [0, 0.05) is 24.2 Å². The second-order valence-electron chi connectivity index (χ2n) is 9.81. The molecule has 4 aromatic rings. The first kappa shape index (κ1) is 25.4. The average molecular weight is 509 g/mol. The van der Waals surface area contributed by atoms with Crippen LogP contribution in [0.15, 0.2) is 89.5 Å². The average Bonchev–Trinajstić information content (AvgIpc) is 3.42. The topological polar surface area (TPSA) is 88.3 Å². The molecule has 0 unspecified atom stereocenters. The van der Waals surface area contributed by atoms with Crippen LogP contribution in [0.5, 0.6) is 0 Å². The molecule has 38 heavy (non-hydrogen) atoms. The maximum Gasteiger partial charge on any atom is 0.257 e. The number of benzene rings is 3. The molecule has 2 heterocycles. The molecule has 0 bridgehead atoms. The third-order valence-corrected chi connectivity index (χ3v) is 7.49. The zero-order chi connectivity index (χ0) is 26.5. The number of rotatable bonds is 7. The first-order chi connectivity index (χ1) is 18.5. The van der Waals surface area contributed by atoms with Gasteiger partial charge >= 0.3 is 0 Å². The molecule has 0 spiro atoms. The Morgan fingerprint density at radius 2 is 1.58 bits per heavy atom. The van der Waals surface area contributed by atoms with Crippen LogP contribution in [0.3, 0.4) is 0 Å². The number of likely N-dealkylation sites (tertiary alicyclic amines) is 1. The Labute approximate surface area is 222 Å². The molecule has 0 aliphatic carbocycles. The number of carbonyl (C=O) groups is 2. The Hall–Kier alpha value is -4.26. The molecule has 1 fully saturated rings. The minimum atomic E-state index is -0.695. The van der Waals surface area contributed by atoms with Crippen LogP contribution < -0.4 is 5.32 Å². The molecule has 5 rings (SSSR count). The number of hydrogen-bond acceptors (Lipinski definition) is 5. The Balaban J connectivity index is 1.33. The SMILES string of the molecule is CC[C@H](NC(=O)C1(c2ccccc2)CCN(C(=O)c2ccc(-c3nc(C)no3)cc2)CC1)c1ccccc1. The van der Waals surface area contributed by atoms with Gasteiger partial charge in [0.05, 0.1) is 11.5 Å². The highest BCUT2D eigenvalue weighted by Gasteiger charge is 2.44. The minimum Gasteiger partial charge on any atom is -0.349 e. The molecule has 1 N–H and O–H groups in total. The smallest absolute Gasteiger partial charge is 0.257 e. The summed E-state index contributed by atoms with van der Waals surface area (Å²) in [4.78, 5) is 33.4. The van der Waals surface area contributed by atoms with Crippen molar-refractivity contribution in [2.24, 2.45) is 0 Å². The van der Waals surface area contributed by atoms with Crippen molar-refractivity contribution in [1.29, 1.82) is 0 Å². The van der Waals surface area contributed by atoms with Crippen LogP contribution in [-0.2, 0) is 10.2 Å². The second-order valence-corrected chi connectivity index (χ2v) is 9.81. The third-order valence-electron chi connectivity index (χ3n) is 7.49. The van der Waals surface area contributed by atoms with E-state index in [0.29, 0.717) is 43.2 Å². The third kappa shape index (κ3) is 5.09. The second kappa shape index (κ2) is 11.0. The monoisotopic (exact) mass is 508 g/mol. The van der Waals surface area contributed by atoms with Crippen molar-refractivity contribution >= 4 is 11.8 Å². The fourth-order valence-corrected chi connectivity index (χ4v) is 5.25. The van der Waals surface area contributed by atoms with Crippen molar-refractivity contribution in [2.75, 3.05) is 13.1 Å². The standard InChI is InChI=1S/C31H32N4O3/c1-3-27(23-10-6-4-7-11-23)33-30(37)31(26-12-8-5-9-13-26)18-20-35(21-19-31)29(36)25-16-14-24(15-17-25)28-32-22(2)34-38-28/h4-17,27H,3,18-21H2,1-2H3,(H,33,37)/t27-/m0/s1. The maximum absolute atomic E-state index is 13.9. The van der Waals surface area contributed by atoms with Crippen LogP contribution in [0.1, 0.15) is 59.5 Å². The highest BCUT2D eigenvalue weighted by Crippen LogP contribution is 2.37. The van der Waals surface area contributed by atoms with E-state index in [9.17, 15) is 9.59 Å². The molecule has 7 heteroatoms. The maximum atomic E-state index is 13.9. The van der Waals surface area contributed by atoms with E-state index in [4.69, 9.17) is 4.52 Å². The summed E-state index contributed by atoms with van der Waals surface area (Å²) in [5.74, 6) is 0.967. The van der Waals surface area contributed by atoms with Gasteiger partial charge in [0.1, 0.15) is 0 Å². The van der Waals surface area contributed by atoms with E-state index in [1.54, 1.807) is 19.1 Å². The van der Waals surface area contributed by atoms with Crippen molar-refractivity contribution in [1.82, 2.24) is 20.4 Å². The van der Waals surface area contributed by atoms with Crippen LogP contribution in [0.4, 0.5) is 0 Å². The van der Waals surface area contributed by atoms with Crippen molar-refractivity contribution in [3.63, 3.8) is 0 Å². The van der Waals surface area contributed by atoms with Crippen LogP contribution >= 0.6 is 0 Å². The summed E-state index contributed by atoms with van der Waals surface area (Å²) >= 11 is 0. The molecule has 1 aliphatic heterocycles. The predicted octanol–water partition coefficient (Wildman–Crippen LogP) is 5.49. The first-order valence-electron chi connectivity index (χ1n) is 13.1. The molecule has 3 aromatic carbocycles. The Morgan fingerprint density at radius 3 is 2.16 bits per heavy atom. The number of carbonyl (C=O) groups excluding carboxylic acids is 2. The molecule has 1 aliphatic rings. The van der Waals surface area contributed by atoms with Gasteiger partial charge in [0.15, 0.2) is 5.82 Å². The van der Waals surface area contributed by atoms with Gasteiger partial charge < -0.3 is 14.7 Å². The number of aromatic nitrogens is 2. The van der Waals surface area contributed by atoms with Gasteiger partial charge in [-0.25, -0.2) is 0 Å². The van der Waals surface area contributed by atoms with E-state index in [2.05, 4.69) is 34.5 Å². The minimum absolute atomic E-state index is 0.0192. The molecule has 0 radical (unpaired) electrons. The lowest BCUT2D eigenvalue weighted by Gasteiger charge is -2.42. The Bertz CT molecular complexity index is 1380. The number of hydrogen-bond donors (Lipinski definition) is 1. The summed E-state index contributed by atoms with van der Waals surface area (Å²) in [6.45, 7) is 4.84. The zero-order valence-corrected chi connectivity index (χ0v) is 21.8. The molecular formula is C31H32N4O3. The highest BCUT2D eigenvalue weighted by molar-refractivity contribution is 5.95. The Morgan fingerprint density at radius 1 is 0.947 bits per heavy atom. The molecule has 0 saturated carbocycles. The normalized spacial score (nSPS) is 15.6. The summed E-state index contributed by atoms with van der Waals surface area (Å²) in [5, 5.41) is 7.15. The van der Waals surface area contributed by atoms with Crippen molar-refractivity contribution in [3.8, 4) is 11.5 Å². The molecule has 2 amide bonds. The molecule has 194 valence electrons. The van der Waals surface area contributed by atoms with Crippen LogP contribution in [0, 0.1) is 6.92 Å². The van der Waals surface area contributed by atoms with E-state index in [1.807, 2.05) is 65.6 Å². The molecule has 1 saturated heterocycles. The number of piperidine rings is 1. The predicted molar refractivity (Wildman–Crippen MR) is 145 cm³/mol. The number of amides is 2. The zero-order valence-electron chi connectivity index (χ0n) is 21.8. The summed E-state index contributed by atoms with van der Waals surface area (Å²) in [7, 11) is 0. The lowest BCUT2D eigenvalue weighted by molar-refractivity contribution is -0.129. The molecule has 1 atom stereocenters. The van der Waals surface area contributed by atoms with Gasteiger partial charge in [-0.15, -0.1) is 0 Å². The van der Waals surface area contributed by atoms with Gasteiger partial charge in [0.2, 0.25) is 5.91 Å². The summed E-state index contributed by atoms with van der Waals surface area (Å²) in [5.41, 5.74) is 2.76. The van der Waals surface area contributed by atoms with Crippen LogP contribution in [0.25, 0.3) is 11.5 Å². The lowest BCUT2D eigenvalue weighted by atomic mass is 9.71. The van der Waals surface area contributed by atoms with Crippen molar-refractivity contribution in [2.45, 2.75) is 44.6 Å². The largest absolute Gasteiger partial charge is 0.349 e. The molecular weight excluding hydrogens is 476 g/mol.